The summed E-state index contributed by atoms with van der Waals surface area (Å²) in [4.78, 5) is 0. The van der Waals surface area contributed by atoms with Crippen LogP contribution in [-0.4, -0.2) is 14.9 Å². The normalized spacial score (nSPS) is 13.1. The zero-order valence-electron chi connectivity index (χ0n) is 9.32. The number of aromatic nitrogens is 2. The third-order valence-corrected chi connectivity index (χ3v) is 2.49. The fourth-order valence-electron chi connectivity index (χ4n) is 1.69. The zero-order chi connectivity index (χ0) is 10.6. The SMILES string of the molecule is CCCCCC(O)c1cn(C)nc1C. The van der Waals surface area contributed by atoms with Crippen molar-refractivity contribution in [2.45, 2.75) is 45.6 Å². The van der Waals surface area contributed by atoms with Gasteiger partial charge in [0.25, 0.3) is 0 Å². The van der Waals surface area contributed by atoms with Gasteiger partial charge in [-0.05, 0) is 13.3 Å². The van der Waals surface area contributed by atoms with Crippen molar-refractivity contribution < 1.29 is 5.11 Å². The molecule has 0 saturated carbocycles. The number of hydrogen-bond donors (Lipinski definition) is 1. The van der Waals surface area contributed by atoms with Crippen LogP contribution in [0.3, 0.4) is 0 Å². The summed E-state index contributed by atoms with van der Waals surface area (Å²) >= 11 is 0. The predicted molar refractivity (Wildman–Crippen MR) is 57.0 cm³/mol. The van der Waals surface area contributed by atoms with Gasteiger partial charge < -0.3 is 5.11 Å². The first-order chi connectivity index (χ1) is 6.65. The second-order valence-corrected chi connectivity index (χ2v) is 3.86. The monoisotopic (exact) mass is 196 g/mol. The summed E-state index contributed by atoms with van der Waals surface area (Å²) in [6, 6.07) is 0. The summed E-state index contributed by atoms with van der Waals surface area (Å²) in [6.07, 6.45) is 5.89. The van der Waals surface area contributed by atoms with Crippen LogP contribution in [-0.2, 0) is 7.05 Å². The Hall–Kier alpha value is -0.830. The Kier molecular flexibility index (Phi) is 4.14. The predicted octanol–water partition coefficient (Wildman–Crippen LogP) is 2.34. The van der Waals surface area contributed by atoms with E-state index >= 15 is 0 Å². The number of aryl methyl sites for hydroxylation is 2. The van der Waals surface area contributed by atoms with Gasteiger partial charge >= 0.3 is 0 Å². The van der Waals surface area contributed by atoms with Crippen LogP contribution in [0, 0.1) is 6.92 Å². The van der Waals surface area contributed by atoms with Gasteiger partial charge in [0.1, 0.15) is 0 Å². The number of unbranched alkanes of at least 4 members (excludes halogenated alkanes) is 2. The molecule has 0 spiro atoms. The van der Waals surface area contributed by atoms with Crippen molar-refractivity contribution in [3.8, 4) is 0 Å². The van der Waals surface area contributed by atoms with Crippen LogP contribution >= 0.6 is 0 Å². The van der Waals surface area contributed by atoms with Gasteiger partial charge in [0.05, 0.1) is 11.8 Å². The molecule has 14 heavy (non-hydrogen) atoms. The van der Waals surface area contributed by atoms with E-state index in [1.165, 1.54) is 12.8 Å². The third kappa shape index (κ3) is 2.84. The van der Waals surface area contributed by atoms with Gasteiger partial charge in [-0.1, -0.05) is 26.2 Å². The molecule has 0 aromatic carbocycles. The Morgan fingerprint density at radius 1 is 1.50 bits per heavy atom. The summed E-state index contributed by atoms with van der Waals surface area (Å²) < 4.78 is 1.76. The van der Waals surface area contributed by atoms with E-state index < -0.39 is 0 Å². The van der Waals surface area contributed by atoms with Gasteiger partial charge in [-0.3, -0.25) is 4.68 Å². The molecule has 0 amide bonds. The topological polar surface area (TPSA) is 38.0 Å². The van der Waals surface area contributed by atoms with Gasteiger partial charge in [-0.2, -0.15) is 5.10 Å². The quantitative estimate of drug-likeness (QED) is 0.734. The second-order valence-electron chi connectivity index (χ2n) is 3.86. The van der Waals surface area contributed by atoms with E-state index in [0.29, 0.717) is 0 Å². The fourth-order valence-corrected chi connectivity index (χ4v) is 1.69. The minimum Gasteiger partial charge on any atom is -0.388 e. The highest BCUT2D eigenvalue weighted by atomic mass is 16.3. The summed E-state index contributed by atoms with van der Waals surface area (Å²) in [6.45, 7) is 4.11. The van der Waals surface area contributed by atoms with Crippen LogP contribution in [0.25, 0.3) is 0 Å². The van der Waals surface area contributed by atoms with Crippen LogP contribution in [0.1, 0.15) is 50.0 Å². The first kappa shape index (κ1) is 11.2. The van der Waals surface area contributed by atoms with Crippen molar-refractivity contribution in [1.29, 1.82) is 0 Å². The number of rotatable bonds is 5. The average Bonchev–Trinajstić information content (AvgIpc) is 2.45. The maximum absolute atomic E-state index is 9.89. The molecule has 0 aliphatic carbocycles. The Bertz CT molecular complexity index is 281. The molecule has 1 heterocycles. The highest BCUT2D eigenvalue weighted by Crippen LogP contribution is 2.21. The number of aliphatic hydroxyl groups excluding tert-OH is 1. The fraction of sp³-hybridized carbons (Fsp3) is 0.727. The molecule has 0 aliphatic rings. The molecule has 3 heteroatoms. The first-order valence-electron chi connectivity index (χ1n) is 5.33. The molecule has 0 bridgehead atoms. The van der Waals surface area contributed by atoms with Crippen LogP contribution in [0.4, 0.5) is 0 Å². The highest BCUT2D eigenvalue weighted by molar-refractivity contribution is 5.18. The molecular weight excluding hydrogens is 176 g/mol. The minimum atomic E-state index is -0.338. The molecule has 3 nitrogen and oxygen atoms in total. The van der Waals surface area contributed by atoms with Gasteiger partial charge in [0.2, 0.25) is 0 Å². The summed E-state index contributed by atoms with van der Waals surface area (Å²) in [7, 11) is 1.88. The molecule has 80 valence electrons. The van der Waals surface area contributed by atoms with E-state index in [1.54, 1.807) is 4.68 Å². The Morgan fingerprint density at radius 3 is 2.71 bits per heavy atom. The second kappa shape index (κ2) is 5.15. The van der Waals surface area contributed by atoms with Crippen molar-refractivity contribution in [2.24, 2.45) is 7.05 Å². The standard InChI is InChI=1S/C11H20N2O/c1-4-5-6-7-11(14)10-8-13(3)12-9(10)2/h8,11,14H,4-7H2,1-3H3. The molecule has 1 rings (SSSR count). The first-order valence-corrected chi connectivity index (χ1v) is 5.33. The zero-order valence-corrected chi connectivity index (χ0v) is 9.32. The molecular formula is C11H20N2O. The largest absolute Gasteiger partial charge is 0.388 e. The van der Waals surface area contributed by atoms with Crippen molar-refractivity contribution >= 4 is 0 Å². The van der Waals surface area contributed by atoms with Gasteiger partial charge in [-0.15, -0.1) is 0 Å². The van der Waals surface area contributed by atoms with Crippen molar-refractivity contribution in [2.75, 3.05) is 0 Å². The van der Waals surface area contributed by atoms with Gasteiger partial charge in [0.15, 0.2) is 0 Å². The summed E-state index contributed by atoms with van der Waals surface area (Å²) in [5.74, 6) is 0. The smallest absolute Gasteiger partial charge is 0.0823 e. The number of nitrogens with zero attached hydrogens (tertiary/aromatic N) is 2. The Morgan fingerprint density at radius 2 is 2.21 bits per heavy atom. The van der Waals surface area contributed by atoms with E-state index in [2.05, 4.69) is 12.0 Å². The van der Waals surface area contributed by atoms with Gasteiger partial charge in [0, 0.05) is 18.8 Å². The van der Waals surface area contributed by atoms with Crippen LogP contribution in [0.15, 0.2) is 6.20 Å². The molecule has 0 aliphatic heterocycles. The lowest BCUT2D eigenvalue weighted by atomic mass is 10.0. The average molecular weight is 196 g/mol. The minimum absolute atomic E-state index is 0.338. The number of hydrogen-bond acceptors (Lipinski definition) is 2. The van der Waals surface area contributed by atoms with Crippen LogP contribution in [0.2, 0.25) is 0 Å². The lowest BCUT2D eigenvalue weighted by molar-refractivity contribution is 0.163. The maximum atomic E-state index is 9.89. The Labute approximate surface area is 85.8 Å². The van der Waals surface area contributed by atoms with E-state index in [0.717, 1.165) is 24.1 Å². The van der Waals surface area contributed by atoms with Crippen LogP contribution < -0.4 is 0 Å². The van der Waals surface area contributed by atoms with Crippen molar-refractivity contribution in [3.05, 3.63) is 17.5 Å². The maximum Gasteiger partial charge on any atom is 0.0823 e. The molecule has 0 fully saturated rings. The molecule has 0 saturated heterocycles. The van der Waals surface area contributed by atoms with Crippen molar-refractivity contribution in [1.82, 2.24) is 9.78 Å². The summed E-state index contributed by atoms with van der Waals surface area (Å²) in [5.41, 5.74) is 1.92. The lowest BCUT2D eigenvalue weighted by Gasteiger charge is -2.08. The lowest BCUT2D eigenvalue weighted by Crippen LogP contribution is -1.97. The molecule has 1 aromatic rings. The van der Waals surface area contributed by atoms with Gasteiger partial charge in [-0.25, -0.2) is 0 Å². The number of aliphatic hydroxyl groups is 1. The van der Waals surface area contributed by atoms with Crippen LogP contribution in [0.5, 0.6) is 0 Å². The Balaban J connectivity index is 2.51. The summed E-state index contributed by atoms with van der Waals surface area (Å²) in [5, 5.41) is 14.1. The van der Waals surface area contributed by atoms with E-state index in [1.807, 2.05) is 20.2 Å². The molecule has 0 radical (unpaired) electrons. The van der Waals surface area contributed by atoms with Crippen molar-refractivity contribution in [3.63, 3.8) is 0 Å². The van der Waals surface area contributed by atoms with E-state index in [-0.39, 0.29) is 6.10 Å². The molecule has 1 atom stereocenters. The molecule has 1 N–H and O–H groups in total. The van der Waals surface area contributed by atoms with E-state index in [9.17, 15) is 5.11 Å². The third-order valence-electron chi connectivity index (χ3n) is 2.49. The van der Waals surface area contributed by atoms with E-state index in [4.69, 9.17) is 0 Å². The molecule has 1 unspecified atom stereocenters. The molecule has 1 aromatic heterocycles. The highest BCUT2D eigenvalue weighted by Gasteiger charge is 2.12.